The van der Waals surface area contributed by atoms with Crippen LogP contribution in [0.2, 0.25) is 10.0 Å². The maximum absolute atomic E-state index is 14.4. The first kappa shape index (κ1) is 18.1. The van der Waals surface area contributed by atoms with Gasteiger partial charge in [-0.05, 0) is 19.1 Å². The molecule has 0 aliphatic rings. The summed E-state index contributed by atoms with van der Waals surface area (Å²) in [5.41, 5.74) is -1.71. The summed E-state index contributed by atoms with van der Waals surface area (Å²) in [7, 11) is 0. The number of hydrogen-bond donors (Lipinski definition) is 2. The second-order valence-corrected chi connectivity index (χ2v) is 5.64. The molecule has 2 rings (SSSR count). The van der Waals surface area contributed by atoms with Crippen LogP contribution in [0.15, 0.2) is 12.1 Å². The fraction of sp³-hybridized carbons (Fsp3) is 0.133. The van der Waals surface area contributed by atoms with E-state index in [1.54, 1.807) is 0 Å². The second kappa shape index (κ2) is 6.70. The molecule has 2 aromatic rings. The van der Waals surface area contributed by atoms with Crippen LogP contribution in [-0.4, -0.2) is 22.0 Å². The average Bonchev–Trinajstić information content (AvgIpc) is 2.47. The highest BCUT2D eigenvalue weighted by molar-refractivity contribution is 6.36. The van der Waals surface area contributed by atoms with E-state index in [2.05, 4.69) is 10.3 Å². The lowest BCUT2D eigenvalue weighted by molar-refractivity contribution is -0.114. The van der Waals surface area contributed by atoms with Gasteiger partial charge in [-0.1, -0.05) is 23.2 Å². The summed E-state index contributed by atoms with van der Waals surface area (Å²) in [6, 6.07) is 1.98. The number of benzene rings is 1. The third-order valence-corrected chi connectivity index (χ3v) is 3.90. The van der Waals surface area contributed by atoms with Crippen LogP contribution in [-0.2, 0) is 4.79 Å². The smallest absolute Gasteiger partial charge is 0.356 e. The largest absolute Gasteiger partial charge is 0.476 e. The Morgan fingerprint density at radius 2 is 1.88 bits per heavy atom. The third-order valence-electron chi connectivity index (χ3n) is 3.13. The first-order valence-corrected chi connectivity index (χ1v) is 7.25. The van der Waals surface area contributed by atoms with Gasteiger partial charge in [0.05, 0.1) is 22.0 Å². The first-order chi connectivity index (χ1) is 11.1. The number of hydrogen-bond acceptors (Lipinski definition) is 3. The highest BCUT2D eigenvalue weighted by atomic mass is 35.5. The van der Waals surface area contributed by atoms with Crippen molar-refractivity contribution in [2.45, 2.75) is 13.8 Å². The van der Waals surface area contributed by atoms with Crippen molar-refractivity contribution in [3.8, 4) is 11.3 Å². The summed E-state index contributed by atoms with van der Waals surface area (Å²) in [4.78, 5) is 26.2. The maximum Gasteiger partial charge on any atom is 0.356 e. The molecule has 9 heteroatoms. The van der Waals surface area contributed by atoms with Crippen molar-refractivity contribution in [1.82, 2.24) is 4.98 Å². The molecule has 24 heavy (non-hydrogen) atoms. The SMILES string of the molecule is CC(=O)Nc1cc(-c2c(F)cc(Cl)c(C)c2F)nc(C(=O)O)c1Cl. The molecular formula is C15H10Cl2F2N2O3. The third kappa shape index (κ3) is 3.32. The summed E-state index contributed by atoms with van der Waals surface area (Å²) in [5, 5.41) is 11.0. The van der Waals surface area contributed by atoms with E-state index in [1.165, 1.54) is 13.8 Å². The molecule has 0 radical (unpaired) electrons. The minimum atomic E-state index is -1.51. The summed E-state index contributed by atoms with van der Waals surface area (Å²) < 4.78 is 28.6. The zero-order chi connectivity index (χ0) is 18.2. The predicted molar refractivity (Wildman–Crippen MR) is 85.6 cm³/mol. The molecular weight excluding hydrogens is 365 g/mol. The topological polar surface area (TPSA) is 79.3 Å². The number of anilines is 1. The normalized spacial score (nSPS) is 10.6. The molecule has 1 aromatic heterocycles. The Morgan fingerprint density at radius 3 is 2.42 bits per heavy atom. The molecule has 0 saturated carbocycles. The van der Waals surface area contributed by atoms with E-state index in [-0.39, 0.29) is 27.0 Å². The van der Waals surface area contributed by atoms with Crippen LogP contribution in [0, 0.1) is 18.6 Å². The van der Waals surface area contributed by atoms with E-state index in [4.69, 9.17) is 28.3 Å². The molecule has 0 bridgehead atoms. The number of carboxylic acid groups (broad SMARTS) is 1. The van der Waals surface area contributed by atoms with Gasteiger partial charge in [-0.15, -0.1) is 0 Å². The molecule has 0 unspecified atom stereocenters. The summed E-state index contributed by atoms with van der Waals surface area (Å²) in [6.45, 7) is 2.51. The number of carboxylic acids is 1. The van der Waals surface area contributed by atoms with E-state index in [0.717, 1.165) is 12.1 Å². The number of rotatable bonds is 3. The molecule has 0 saturated heterocycles. The molecule has 0 atom stereocenters. The number of nitrogens with one attached hydrogen (secondary N) is 1. The minimum absolute atomic E-state index is 0.0252. The van der Waals surface area contributed by atoms with Crippen molar-refractivity contribution in [3.63, 3.8) is 0 Å². The van der Waals surface area contributed by atoms with Crippen molar-refractivity contribution < 1.29 is 23.5 Å². The lowest BCUT2D eigenvalue weighted by Crippen LogP contribution is -2.11. The van der Waals surface area contributed by atoms with Gasteiger partial charge in [-0.3, -0.25) is 4.79 Å². The monoisotopic (exact) mass is 374 g/mol. The Morgan fingerprint density at radius 1 is 1.25 bits per heavy atom. The quantitative estimate of drug-likeness (QED) is 0.839. The molecule has 1 aromatic carbocycles. The number of pyridine rings is 1. The summed E-state index contributed by atoms with van der Waals surface area (Å²) >= 11 is 11.6. The van der Waals surface area contributed by atoms with E-state index in [1.807, 2.05) is 0 Å². The maximum atomic E-state index is 14.4. The molecule has 0 aliphatic carbocycles. The number of aromatic nitrogens is 1. The van der Waals surface area contributed by atoms with Gasteiger partial charge in [0.2, 0.25) is 5.91 Å². The van der Waals surface area contributed by atoms with Crippen LogP contribution in [0.3, 0.4) is 0 Å². The fourth-order valence-corrected chi connectivity index (χ4v) is 2.41. The molecule has 1 heterocycles. The molecule has 0 fully saturated rings. The lowest BCUT2D eigenvalue weighted by atomic mass is 10.0. The molecule has 2 N–H and O–H groups in total. The van der Waals surface area contributed by atoms with Crippen molar-refractivity contribution >= 4 is 40.8 Å². The standard InChI is InChI=1S/C15H10Cl2F2N2O3/c1-5-7(16)3-8(18)11(13(5)19)9-4-10(20-6(2)22)12(17)14(21-9)15(23)24/h3-4H,1-2H3,(H,23,24)(H,20,21,22). The Hall–Kier alpha value is -2.25. The molecule has 0 aliphatic heterocycles. The zero-order valence-electron chi connectivity index (χ0n) is 12.4. The van der Waals surface area contributed by atoms with Crippen molar-refractivity contribution in [2.24, 2.45) is 0 Å². The van der Waals surface area contributed by atoms with Crippen molar-refractivity contribution in [1.29, 1.82) is 0 Å². The highest BCUT2D eigenvalue weighted by Crippen LogP contribution is 2.35. The van der Waals surface area contributed by atoms with Crippen molar-refractivity contribution in [3.05, 3.63) is 45.1 Å². The molecule has 0 spiro atoms. The van der Waals surface area contributed by atoms with Crippen LogP contribution in [0.5, 0.6) is 0 Å². The lowest BCUT2D eigenvalue weighted by Gasteiger charge is -2.13. The van der Waals surface area contributed by atoms with Gasteiger partial charge < -0.3 is 10.4 Å². The van der Waals surface area contributed by atoms with Gasteiger partial charge in [0.15, 0.2) is 5.69 Å². The Kier molecular flexibility index (Phi) is 5.05. The molecule has 1 amide bonds. The highest BCUT2D eigenvalue weighted by Gasteiger charge is 2.23. The van der Waals surface area contributed by atoms with Crippen LogP contribution < -0.4 is 5.32 Å². The van der Waals surface area contributed by atoms with E-state index >= 15 is 0 Å². The Labute approximate surface area is 145 Å². The fourth-order valence-electron chi connectivity index (χ4n) is 2.00. The average molecular weight is 375 g/mol. The summed E-state index contributed by atoms with van der Waals surface area (Å²) in [5.74, 6) is -4.07. The van der Waals surface area contributed by atoms with Gasteiger partial charge in [-0.2, -0.15) is 0 Å². The van der Waals surface area contributed by atoms with Gasteiger partial charge in [0, 0.05) is 17.5 Å². The predicted octanol–water partition coefficient (Wildman–Crippen LogP) is 4.30. The minimum Gasteiger partial charge on any atom is -0.476 e. The second-order valence-electron chi connectivity index (χ2n) is 4.86. The van der Waals surface area contributed by atoms with Gasteiger partial charge in [0.25, 0.3) is 0 Å². The number of carbonyl (C=O) groups excluding carboxylic acids is 1. The van der Waals surface area contributed by atoms with Crippen molar-refractivity contribution in [2.75, 3.05) is 5.32 Å². The van der Waals surface area contributed by atoms with Gasteiger partial charge in [0.1, 0.15) is 11.6 Å². The van der Waals surface area contributed by atoms with E-state index < -0.39 is 34.8 Å². The Balaban J connectivity index is 2.81. The van der Waals surface area contributed by atoms with E-state index in [0.29, 0.717) is 0 Å². The summed E-state index contributed by atoms with van der Waals surface area (Å²) in [6.07, 6.45) is 0. The van der Waals surface area contributed by atoms with Gasteiger partial charge >= 0.3 is 5.97 Å². The van der Waals surface area contributed by atoms with Crippen LogP contribution >= 0.6 is 23.2 Å². The van der Waals surface area contributed by atoms with Crippen LogP contribution in [0.4, 0.5) is 14.5 Å². The van der Waals surface area contributed by atoms with Crippen LogP contribution in [0.1, 0.15) is 23.0 Å². The molecule has 5 nitrogen and oxygen atoms in total. The van der Waals surface area contributed by atoms with E-state index in [9.17, 15) is 18.4 Å². The Bertz CT molecular complexity index is 873. The first-order valence-electron chi connectivity index (χ1n) is 6.49. The number of amides is 1. The number of nitrogens with zero attached hydrogens (tertiary/aromatic N) is 1. The van der Waals surface area contributed by atoms with Crippen LogP contribution in [0.25, 0.3) is 11.3 Å². The number of aromatic carboxylic acids is 1. The number of carbonyl (C=O) groups is 2. The zero-order valence-corrected chi connectivity index (χ0v) is 13.9. The van der Waals surface area contributed by atoms with Gasteiger partial charge in [-0.25, -0.2) is 18.6 Å². The number of halogens is 4. The molecule has 126 valence electrons.